The van der Waals surface area contributed by atoms with Crippen LogP contribution in [0.15, 0.2) is 89.8 Å². The second kappa shape index (κ2) is 9.59. The number of hydrogen-bond acceptors (Lipinski definition) is 3. The van der Waals surface area contributed by atoms with Crippen molar-refractivity contribution in [1.82, 2.24) is 5.32 Å². The van der Waals surface area contributed by atoms with Crippen molar-refractivity contribution in [2.45, 2.75) is 31.2 Å². The molecular weight excluding hydrogens is 396 g/mol. The van der Waals surface area contributed by atoms with Gasteiger partial charge in [0, 0.05) is 13.0 Å². The summed E-state index contributed by atoms with van der Waals surface area (Å²) >= 11 is 0. The number of hydrogen-bond donors (Lipinski definition) is 1. The fraction of sp³-hybridized carbons (Fsp3) is 0.208. The minimum atomic E-state index is -3.79. The van der Waals surface area contributed by atoms with Crippen LogP contribution in [0.1, 0.15) is 30.5 Å². The van der Waals surface area contributed by atoms with E-state index in [1.165, 1.54) is 4.31 Å². The molecule has 1 atom stereocenters. The standard InChI is InChI=1S/C24H26N2O3S/c1-19-13-15-23(16-14-19)30(28,29)26(22-11-7-4-8-12-22)18-17-24(27)25-20(2)21-9-5-3-6-10-21/h3-16,20H,17-18H2,1-2H3,(H,25,27)/t20-/m0/s1. The van der Waals surface area contributed by atoms with Gasteiger partial charge in [-0.2, -0.15) is 0 Å². The number of amides is 1. The Morgan fingerprint density at radius 2 is 1.47 bits per heavy atom. The maximum absolute atomic E-state index is 13.3. The van der Waals surface area contributed by atoms with E-state index in [0.717, 1.165) is 11.1 Å². The Morgan fingerprint density at radius 1 is 0.900 bits per heavy atom. The van der Waals surface area contributed by atoms with E-state index in [1.807, 2.05) is 50.2 Å². The molecule has 0 spiro atoms. The van der Waals surface area contributed by atoms with Gasteiger partial charge in [-0.25, -0.2) is 8.42 Å². The Bertz CT molecular complexity index is 1070. The Labute approximate surface area is 178 Å². The molecule has 30 heavy (non-hydrogen) atoms. The summed E-state index contributed by atoms with van der Waals surface area (Å²) in [6, 6.07) is 25.1. The molecule has 0 radical (unpaired) electrons. The number of sulfonamides is 1. The number of rotatable bonds is 8. The fourth-order valence-corrected chi connectivity index (χ4v) is 4.63. The molecule has 0 aliphatic rings. The summed E-state index contributed by atoms with van der Waals surface area (Å²) in [4.78, 5) is 12.7. The lowest BCUT2D eigenvalue weighted by molar-refractivity contribution is -0.121. The molecule has 3 aromatic carbocycles. The summed E-state index contributed by atoms with van der Waals surface area (Å²) < 4.78 is 27.9. The second-order valence-corrected chi connectivity index (χ2v) is 9.04. The zero-order valence-corrected chi connectivity index (χ0v) is 18.0. The van der Waals surface area contributed by atoms with Gasteiger partial charge in [0.05, 0.1) is 16.6 Å². The van der Waals surface area contributed by atoms with Gasteiger partial charge in [0.15, 0.2) is 0 Å². The average molecular weight is 423 g/mol. The first kappa shape index (κ1) is 21.6. The maximum atomic E-state index is 13.3. The predicted molar refractivity (Wildman–Crippen MR) is 120 cm³/mol. The molecule has 0 saturated carbocycles. The van der Waals surface area contributed by atoms with Crippen molar-refractivity contribution in [2.24, 2.45) is 0 Å². The highest BCUT2D eigenvalue weighted by molar-refractivity contribution is 7.92. The van der Waals surface area contributed by atoms with E-state index in [1.54, 1.807) is 48.5 Å². The molecule has 0 unspecified atom stereocenters. The molecule has 3 aromatic rings. The number of benzene rings is 3. The van der Waals surface area contributed by atoms with Crippen molar-refractivity contribution < 1.29 is 13.2 Å². The number of nitrogens with one attached hydrogen (secondary N) is 1. The predicted octanol–water partition coefficient (Wildman–Crippen LogP) is 4.46. The number of nitrogens with zero attached hydrogens (tertiary/aromatic N) is 1. The van der Waals surface area contributed by atoms with Crippen LogP contribution in [0, 0.1) is 6.92 Å². The van der Waals surface area contributed by atoms with Crippen LogP contribution < -0.4 is 9.62 Å². The first-order valence-electron chi connectivity index (χ1n) is 9.86. The van der Waals surface area contributed by atoms with Crippen LogP contribution in [0.2, 0.25) is 0 Å². The van der Waals surface area contributed by atoms with Gasteiger partial charge in [0.25, 0.3) is 10.0 Å². The quantitative estimate of drug-likeness (QED) is 0.583. The summed E-state index contributed by atoms with van der Waals surface area (Å²) in [6.07, 6.45) is 0.0527. The van der Waals surface area contributed by atoms with Gasteiger partial charge in [-0.05, 0) is 43.7 Å². The lowest BCUT2D eigenvalue weighted by atomic mass is 10.1. The van der Waals surface area contributed by atoms with Crippen LogP contribution >= 0.6 is 0 Å². The minimum absolute atomic E-state index is 0.0492. The van der Waals surface area contributed by atoms with E-state index >= 15 is 0 Å². The van der Waals surface area contributed by atoms with E-state index in [4.69, 9.17) is 0 Å². The third-order valence-corrected chi connectivity index (χ3v) is 6.71. The monoisotopic (exact) mass is 422 g/mol. The third kappa shape index (κ3) is 5.27. The van der Waals surface area contributed by atoms with Gasteiger partial charge in [-0.3, -0.25) is 9.10 Å². The molecule has 0 heterocycles. The molecule has 6 heteroatoms. The molecule has 5 nitrogen and oxygen atoms in total. The zero-order valence-electron chi connectivity index (χ0n) is 17.2. The van der Waals surface area contributed by atoms with E-state index < -0.39 is 10.0 Å². The Kier molecular flexibility index (Phi) is 6.90. The molecule has 0 aliphatic heterocycles. The fourth-order valence-electron chi connectivity index (χ4n) is 3.16. The molecule has 1 N–H and O–H groups in total. The van der Waals surface area contributed by atoms with Gasteiger partial charge in [-0.1, -0.05) is 66.2 Å². The molecule has 156 valence electrons. The molecule has 0 aromatic heterocycles. The molecule has 0 aliphatic carbocycles. The highest BCUT2D eigenvalue weighted by atomic mass is 32.2. The van der Waals surface area contributed by atoms with Crippen LogP contribution in [-0.2, 0) is 14.8 Å². The van der Waals surface area contributed by atoms with Gasteiger partial charge >= 0.3 is 0 Å². The minimum Gasteiger partial charge on any atom is -0.350 e. The van der Waals surface area contributed by atoms with Crippen molar-refractivity contribution in [3.63, 3.8) is 0 Å². The van der Waals surface area contributed by atoms with Crippen molar-refractivity contribution in [2.75, 3.05) is 10.8 Å². The van der Waals surface area contributed by atoms with Crippen molar-refractivity contribution in [3.05, 3.63) is 96.1 Å². The summed E-state index contributed by atoms with van der Waals surface area (Å²) in [7, 11) is -3.79. The molecule has 0 saturated heterocycles. The average Bonchev–Trinajstić information content (AvgIpc) is 2.75. The number of aryl methyl sites for hydroxylation is 1. The maximum Gasteiger partial charge on any atom is 0.264 e. The zero-order chi connectivity index (χ0) is 21.6. The summed E-state index contributed by atoms with van der Waals surface area (Å²) in [5.41, 5.74) is 2.51. The highest BCUT2D eigenvalue weighted by Gasteiger charge is 2.25. The summed E-state index contributed by atoms with van der Waals surface area (Å²) in [5, 5.41) is 2.94. The Hall–Kier alpha value is -3.12. The van der Waals surface area contributed by atoms with Crippen LogP contribution in [0.3, 0.4) is 0 Å². The van der Waals surface area contributed by atoms with E-state index in [2.05, 4.69) is 5.32 Å². The summed E-state index contributed by atoms with van der Waals surface area (Å²) in [6.45, 7) is 3.86. The number of carbonyl (C=O) groups is 1. The topological polar surface area (TPSA) is 66.5 Å². The summed E-state index contributed by atoms with van der Waals surface area (Å²) in [5.74, 6) is -0.202. The second-order valence-electron chi connectivity index (χ2n) is 7.18. The lowest BCUT2D eigenvalue weighted by Gasteiger charge is -2.25. The van der Waals surface area contributed by atoms with Crippen LogP contribution in [-0.4, -0.2) is 20.9 Å². The number of carbonyl (C=O) groups excluding carboxylic acids is 1. The van der Waals surface area contributed by atoms with Gasteiger partial charge in [0.2, 0.25) is 5.91 Å². The van der Waals surface area contributed by atoms with Gasteiger partial charge in [-0.15, -0.1) is 0 Å². The first-order chi connectivity index (χ1) is 14.4. The Balaban J connectivity index is 1.77. The number of anilines is 1. The molecule has 3 rings (SSSR count). The van der Waals surface area contributed by atoms with E-state index in [0.29, 0.717) is 5.69 Å². The first-order valence-corrected chi connectivity index (χ1v) is 11.3. The van der Waals surface area contributed by atoms with Crippen LogP contribution in [0.25, 0.3) is 0 Å². The van der Waals surface area contributed by atoms with E-state index in [-0.39, 0.29) is 29.8 Å². The van der Waals surface area contributed by atoms with Crippen molar-refractivity contribution in [3.8, 4) is 0 Å². The van der Waals surface area contributed by atoms with Crippen molar-refractivity contribution >= 4 is 21.6 Å². The molecule has 0 fully saturated rings. The Morgan fingerprint density at radius 3 is 2.07 bits per heavy atom. The molecular formula is C24H26N2O3S. The van der Waals surface area contributed by atoms with Gasteiger partial charge in [0.1, 0.15) is 0 Å². The van der Waals surface area contributed by atoms with Crippen molar-refractivity contribution in [1.29, 1.82) is 0 Å². The largest absolute Gasteiger partial charge is 0.350 e. The highest BCUT2D eigenvalue weighted by Crippen LogP contribution is 2.24. The third-order valence-electron chi connectivity index (χ3n) is 4.87. The van der Waals surface area contributed by atoms with Crippen LogP contribution in [0.4, 0.5) is 5.69 Å². The smallest absolute Gasteiger partial charge is 0.264 e. The number of para-hydroxylation sites is 1. The van der Waals surface area contributed by atoms with E-state index in [9.17, 15) is 13.2 Å². The normalized spacial score (nSPS) is 12.2. The van der Waals surface area contributed by atoms with Gasteiger partial charge < -0.3 is 5.32 Å². The SMILES string of the molecule is Cc1ccc(S(=O)(=O)N(CCC(=O)N[C@@H](C)c2ccccc2)c2ccccc2)cc1. The lowest BCUT2D eigenvalue weighted by Crippen LogP contribution is -2.36. The molecule has 1 amide bonds. The van der Waals surface area contributed by atoms with Crippen LogP contribution in [0.5, 0.6) is 0 Å². The molecule has 0 bridgehead atoms.